The van der Waals surface area contributed by atoms with Crippen molar-refractivity contribution in [2.24, 2.45) is 0 Å². The normalized spacial score (nSPS) is 10.6. The van der Waals surface area contributed by atoms with Crippen molar-refractivity contribution < 1.29 is 19.3 Å². The first kappa shape index (κ1) is 21.4. The van der Waals surface area contributed by atoms with Crippen molar-refractivity contribution in [1.82, 2.24) is 9.97 Å². The van der Waals surface area contributed by atoms with E-state index >= 15 is 0 Å². The molecule has 4 rings (SSSR count). The van der Waals surface area contributed by atoms with Crippen LogP contribution in [-0.4, -0.2) is 34.0 Å². The monoisotopic (exact) mass is 447 g/mol. The fourth-order valence-corrected chi connectivity index (χ4v) is 3.29. The largest absolute Gasteiger partial charge is 0.493 e. The summed E-state index contributed by atoms with van der Waals surface area (Å²) in [4.78, 5) is 30.3. The second-order valence-corrected chi connectivity index (χ2v) is 6.86. The van der Waals surface area contributed by atoms with Gasteiger partial charge < -0.3 is 14.8 Å². The van der Waals surface area contributed by atoms with E-state index in [1.807, 2.05) is 6.07 Å². The van der Waals surface area contributed by atoms with Crippen molar-refractivity contribution in [2.45, 2.75) is 0 Å². The van der Waals surface area contributed by atoms with E-state index in [2.05, 4.69) is 15.3 Å². The van der Waals surface area contributed by atoms with Gasteiger partial charge in [0, 0.05) is 23.1 Å². The lowest BCUT2D eigenvalue weighted by Crippen LogP contribution is -2.01. The quantitative estimate of drug-likeness (QED) is 0.310. The van der Waals surface area contributed by atoms with Crippen molar-refractivity contribution in [3.63, 3.8) is 0 Å². The van der Waals surface area contributed by atoms with Crippen LogP contribution in [0.15, 0.2) is 60.7 Å². The molecule has 0 radical (unpaired) electrons. The van der Waals surface area contributed by atoms with Gasteiger partial charge in [0.05, 0.1) is 41.3 Å². The highest BCUT2D eigenvalue weighted by Gasteiger charge is 2.18. The lowest BCUT2D eigenvalue weighted by atomic mass is 10.1. The highest BCUT2D eigenvalue weighted by Crippen LogP contribution is 2.34. The number of nitro groups is 2. The molecule has 0 aliphatic carbocycles. The smallest absolute Gasteiger partial charge is 0.278 e. The maximum atomic E-state index is 11.3. The highest BCUT2D eigenvalue weighted by atomic mass is 16.6. The Bertz CT molecular complexity index is 1360. The minimum Gasteiger partial charge on any atom is -0.493 e. The van der Waals surface area contributed by atoms with E-state index in [-0.39, 0.29) is 5.69 Å². The summed E-state index contributed by atoms with van der Waals surface area (Å²) in [7, 11) is 3.05. The SMILES string of the molecule is COc1ccc(-c2nc(Nc3cc([N+](=O)[O-])cc([N+](=O)[O-])c3)c3ccccc3n2)cc1OC. The summed E-state index contributed by atoms with van der Waals surface area (Å²) in [5.74, 6) is 1.73. The summed E-state index contributed by atoms with van der Waals surface area (Å²) >= 11 is 0. The molecule has 1 N–H and O–H groups in total. The van der Waals surface area contributed by atoms with Crippen molar-refractivity contribution in [3.05, 3.63) is 80.9 Å². The number of methoxy groups -OCH3 is 2. The molecule has 4 aromatic rings. The fraction of sp³-hybridized carbons (Fsp3) is 0.0909. The van der Waals surface area contributed by atoms with Crippen molar-refractivity contribution in [3.8, 4) is 22.9 Å². The van der Waals surface area contributed by atoms with E-state index in [0.717, 1.165) is 6.07 Å². The first-order valence-electron chi connectivity index (χ1n) is 9.59. The summed E-state index contributed by atoms with van der Waals surface area (Å²) < 4.78 is 10.6. The predicted molar refractivity (Wildman–Crippen MR) is 121 cm³/mol. The molecule has 1 aromatic heterocycles. The van der Waals surface area contributed by atoms with Crippen LogP contribution in [0.4, 0.5) is 22.9 Å². The van der Waals surface area contributed by atoms with E-state index in [4.69, 9.17) is 9.47 Å². The number of nitrogens with one attached hydrogen (secondary N) is 1. The number of hydrogen-bond donors (Lipinski definition) is 1. The molecule has 0 atom stereocenters. The molecule has 0 unspecified atom stereocenters. The van der Waals surface area contributed by atoms with E-state index in [9.17, 15) is 20.2 Å². The van der Waals surface area contributed by atoms with Gasteiger partial charge >= 0.3 is 0 Å². The summed E-state index contributed by atoms with van der Waals surface area (Å²) in [6, 6.07) is 15.7. The highest BCUT2D eigenvalue weighted by molar-refractivity contribution is 5.92. The zero-order valence-electron chi connectivity index (χ0n) is 17.5. The first-order valence-corrected chi connectivity index (χ1v) is 9.59. The number of para-hydroxylation sites is 1. The molecule has 11 nitrogen and oxygen atoms in total. The van der Waals surface area contributed by atoms with Crippen LogP contribution in [0.2, 0.25) is 0 Å². The Morgan fingerprint density at radius 2 is 1.48 bits per heavy atom. The second kappa shape index (κ2) is 8.75. The maximum absolute atomic E-state index is 11.3. The van der Waals surface area contributed by atoms with Crippen LogP contribution in [0.1, 0.15) is 0 Å². The van der Waals surface area contributed by atoms with Gasteiger partial charge in [0.1, 0.15) is 5.82 Å². The van der Waals surface area contributed by atoms with Crippen LogP contribution in [0, 0.1) is 20.2 Å². The molecule has 0 amide bonds. The third-order valence-electron chi connectivity index (χ3n) is 4.83. The minimum atomic E-state index is -0.689. The van der Waals surface area contributed by atoms with Crippen molar-refractivity contribution in [1.29, 1.82) is 0 Å². The van der Waals surface area contributed by atoms with Crippen LogP contribution in [0.25, 0.3) is 22.3 Å². The molecule has 0 saturated heterocycles. The molecule has 0 saturated carbocycles. The Morgan fingerprint density at radius 3 is 2.12 bits per heavy atom. The summed E-state index contributed by atoms with van der Waals surface area (Å²) in [5, 5.41) is 26.1. The van der Waals surface area contributed by atoms with E-state index < -0.39 is 21.2 Å². The molecular formula is C22H17N5O6. The molecule has 0 fully saturated rings. The summed E-state index contributed by atoms with van der Waals surface area (Å²) in [5.41, 5.74) is 0.583. The van der Waals surface area contributed by atoms with Gasteiger partial charge in [0.25, 0.3) is 11.4 Å². The Hall–Kier alpha value is -4.80. The summed E-state index contributed by atoms with van der Waals surface area (Å²) in [6.07, 6.45) is 0. The number of benzene rings is 3. The first-order chi connectivity index (χ1) is 15.9. The second-order valence-electron chi connectivity index (χ2n) is 6.86. The molecule has 0 aliphatic heterocycles. The molecule has 11 heteroatoms. The number of non-ortho nitro benzene ring substituents is 2. The topological polar surface area (TPSA) is 143 Å². The van der Waals surface area contributed by atoms with Crippen LogP contribution >= 0.6 is 0 Å². The fourth-order valence-electron chi connectivity index (χ4n) is 3.29. The zero-order valence-corrected chi connectivity index (χ0v) is 17.5. The zero-order chi connectivity index (χ0) is 23.5. The Kier molecular flexibility index (Phi) is 5.68. The molecule has 0 bridgehead atoms. The van der Waals surface area contributed by atoms with Crippen molar-refractivity contribution in [2.75, 3.05) is 19.5 Å². The van der Waals surface area contributed by atoms with E-state index in [0.29, 0.717) is 39.6 Å². The van der Waals surface area contributed by atoms with Gasteiger partial charge in [-0.3, -0.25) is 20.2 Å². The lowest BCUT2D eigenvalue weighted by molar-refractivity contribution is -0.394. The van der Waals surface area contributed by atoms with E-state index in [1.165, 1.54) is 26.4 Å². The number of aromatic nitrogens is 2. The Labute approximate surface area is 186 Å². The van der Waals surface area contributed by atoms with Gasteiger partial charge in [-0.25, -0.2) is 9.97 Å². The van der Waals surface area contributed by atoms with Gasteiger partial charge in [0.2, 0.25) is 0 Å². The number of rotatable bonds is 7. The number of anilines is 2. The molecule has 0 spiro atoms. The molecule has 1 heterocycles. The van der Waals surface area contributed by atoms with Crippen LogP contribution in [-0.2, 0) is 0 Å². The third kappa shape index (κ3) is 4.32. The number of ether oxygens (including phenoxy) is 2. The molecule has 0 aliphatic rings. The average molecular weight is 447 g/mol. The van der Waals surface area contributed by atoms with Gasteiger partial charge in [0.15, 0.2) is 17.3 Å². The van der Waals surface area contributed by atoms with Gasteiger partial charge in [-0.1, -0.05) is 12.1 Å². The van der Waals surface area contributed by atoms with E-state index in [1.54, 1.807) is 36.4 Å². The molecular weight excluding hydrogens is 430 g/mol. The average Bonchev–Trinajstić information content (AvgIpc) is 2.83. The Morgan fingerprint density at radius 1 is 0.818 bits per heavy atom. The van der Waals surface area contributed by atoms with Gasteiger partial charge in [-0.2, -0.15) is 0 Å². The lowest BCUT2D eigenvalue weighted by Gasteiger charge is -2.12. The maximum Gasteiger partial charge on any atom is 0.278 e. The molecule has 33 heavy (non-hydrogen) atoms. The number of hydrogen-bond acceptors (Lipinski definition) is 9. The standard InChI is InChI=1S/C22H17N5O6/c1-32-19-8-7-13(9-20(19)33-2)21-24-18-6-4-3-5-17(18)22(25-21)23-14-10-15(26(28)29)12-16(11-14)27(30)31/h3-12H,1-2H3,(H,23,24,25). The predicted octanol–water partition coefficient (Wildman–Crippen LogP) is 4.87. The minimum absolute atomic E-state index is 0.151. The van der Waals surface area contributed by atoms with Crippen LogP contribution < -0.4 is 14.8 Å². The van der Waals surface area contributed by atoms with Gasteiger partial charge in [-0.15, -0.1) is 0 Å². The van der Waals surface area contributed by atoms with Gasteiger partial charge in [-0.05, 0) is 30.3 Å². The number of nitro benzene ring substituents is 2. The number of nitrogens with zero attached hydrogens (tertiary/aromatic N) is 4. The third-order valence-corrected chi connectivity index (χ3v) is 4.83. The summed E-state index contributed by atoms with van der Waals surface area (Å²) in [6.45, 7) is 0. The molecule has 3 aromatic carbocycles. The van der Waals surface area contributed by atoms with Crippen LogP contribution in [0.5, 0.6) is 11.5 Å². The number of fused-ring (bicyclic) bond motifs is 1. The van der Waals surface area contributed by atoms with Crippen molar-refractivity contribution >= 4 is 33.8 Å². The Balaban J connectivity index is 1.85. The molecule has 166 valence electrons. The van der Waals surface area contributed by atoms with Crippen LogP contribution in [0.3, 0.4) is 0 Å².